The lowest BCUT2D eigenvalue weighted by atomic mass is 10.1. The van der Waals surface area contributed by atoms with Gasteiger partial charge in [0.15, 0.2) is 0 Å². The van der Waals surface area contributed by atoms with Gasteiger partial charge in [0.05, 0.1) is 41.1 Å². The molecule has 7 nitrogen and oxygen atoms in total. The number of nitrogens with zero attached hydrogens (tertiary/aromatic N) is 5. The Balaban J connectivity index is 1.66. The second-order valence-electron chi connectivity index (χ2n) is 6.56. The topological polar surface area (TPSA) is 89.9 Å². The quantitative estimate of drug-likeness (QED) is 0.745. The van der Waals surface area contributed by atoms with Crippen LogP contribution in [0.15, 0.2) is 36.9 Å². The van der Waals surface area contributed by atoms with E-state index in [-0.39, 0.29) is 12.5 Å². The molecule has 4 rings (SSSR count). The van der Waals surface area contributed by atoms with Crippen molar-refractivity contribution in [3.63, 3.8) is 0 Å². The maximum Gasteiger partial charge on any atom is 0.408 e. The van der Waals surface area contributed by atoms with Gasteiger partial charge in [0.25, 0.3) is 5.91 Å². The highest BCUT2D eigenvalue weighted by atomic mass is 19.4. The van der Waals surface area contributed by atoms with Crippen molar-refractivity contribution >= 4 is 17.3 Å². The number of amides is 1. The van der Waals surface area contributed by atoms with E-state index in [9.17, 15) is 18.0 Å². The van der Waals surface area contributed by atoms with Gasteiger partial charge in [0.1, 0.15) is 6.54 Å². The lowest BCUT2D eigenvalue weighted by Crippen LogP contribution is -2.23. The Morgan fingerprint density at radius 2 is 2.00 bits per heavy atom. The van der Waals surface area contributed by atoms with Crippen LogP contribution in [0.5, 0.6) is 0 Å². The molecule has 0 saturated heterocycles. The van der Waals surface area contributed by atoms with Crippen molar-refractivity contribution in [1.82, 2.24) is 19.7 Å². The molecule has 0 fully saturated rings. The molecule has 0 aromatic carbocycles. The van der Waals surface area contributed by atoms with E-state index in [2.05, 4.69) is 15.1 Å². The highest BCUT2D eigenvalue weighted by Crippen LogP contribution is 2.32. The van der Waals surface area contributed by atoms with Crippen LogP contribution in [0.1, 0.15) is 21.6 Å². The van der Waals surface area contributed by atoms with Gasteiger partial charge in [-0.15, -0.1) is 0 Å². The number of halogens is 3. The van der Waals surface area contributed by atoms with Crippen molar-refractivity contribution in [1.29, 1.82) is 0 Å². The summed E-state index contributed by atoms with van der Waals surface area (Å²) in [4.78, 5) is 22.8. The molecule has 1 aliphatic heterocycles. The van der Waals surface area contributed by atoms with Crippen LogP contribution in [-0.4, -0.2) is 31.8 Å². The van der Waals surface area contributed by atoms with Gasteiger partial charge < -0.3 is 5.73 Å². The summed E-state index contributed by atoms with van der Waals surface area (Å²) in [7, 11) is 0. The largest absolute Gasteiger partial charge is 0.408 e. The van der Waals surface area contributed by atoms with E-state index >= 15 is 0 Å². The van der Waals surface area contributed by atoms with E-state index in [1.165, 1.54) is 23.5 Å². The Kier molecular flexibility index (Phi) is 4.06. The van der Waals surface area contributed by atoms with Crippen LogP contribution in [0, 0.1) is 6.92 Å². The van der Waals surface area contributed by atoms with Gasteiger partial charge in [-0.05, 0) is 24.6 Å². The fraction of sp³-hybridized carbons (Fsp3) is 0.222. The average Bonchev–Trinajstić information content (AvgIpc) is 3.18. The SMILES string of the molecule is Cc1cc(-c2cncc(N)c2)nc2c1C(=O)N(c1cnn(CC(F)(F)F)c1)C2. The second-order valence-corrected chi connectivity index (χ2v) is 6.56. The number of carbonyl (C=O) groups is 1. The fourth-order valence-electron chi connectivity index (χ4n) is 3.22. The molecule has 0 radical (unpaired) electrons. The van der Waals surface area contributed by atoms with Gasteiger partial charge in [0.2, 0.25) is 0 Å². The third-order valence-electron chi connectivity index (χ3n) is 4.39. The zero-order chi connectivity index (χ0) is 20.1. The molecule has 144 valence electrons. The Labute approximate surface area is 157 Å². The summed E-state index contributed by atoms with van der Waals surface area (Å²) in [6.45, 7) is 0.723. The van der Waals surface area contributed by atoms with Crippen molar-refractivity contribution in [3.8, 4) is 11.3 Å². The van der Waals surface area contributed by atoms with Crippen molar-refractivity contribution in [2.75, 3.05) is 10.6 Å². The summed E-state index contributed by atoms with van der Waals surface area (Å²) in [5.74, 6) is -0.316. The molecule has 0 atom stereocenters. The van der Waals surface area contributed by atoms with Gasteiger partial charge in [-0.2, -0.15) is 18.3 Å². The number of aryl methyl sites for hydroxylation is 1. The first-order valence-corrected chi connectivity index (χ1v) is 8.34. The fourth-order valence-corrected chi connectivity index (χ4v) is 3.22. The number of pyridine rings is 2. The molecule has 2 N–H and O–H groups in total. The van der Waals surface area contributed by atoms with E-state index in [4.69, 9.17) is 5.73 Å². The molecular weight excluding hydrogens is 373 g/mol. The van der Waals surface area contributed by atoms with Crippen LogP contribution in [-0.2, 0) is 13.1 Å². The third-order valence-corrected chi connectivity index (χ3v) is 4.39. The van der Waals surface area contributed by atoms with Gasteiger partial charge in [-0.25, -0.2) is 0 Å². The second kappa shape index (κ2) is 6.32. The van der Waals surface area contributed by atoms with Crippen LogP contribution in [0.4, 0.5) is 24.5 Å². The molecule has 28 heavy (non-hydrogen) atoms. The van der Waals surface area contributed by atoms with Crippen LogP contribution in [0.3, 0.4) is 0 Å². The Bertz CT molecular complexity index is 1080. The minimum absolute atomic E-state index is 0.149. The standard InChI is InChI=1S/C18H15F3N6O/c1-10-2-14(11-3-12(22)5-23-4-11)25-15-8-27(17(28)16(10)15)13-6-24-26(7-13)9-18(19,20)21/h2-7H,8-9,22H2,1H3. The summed E-state index contributed by atoms with van der Waals surface area (Å²) in [6.07, 6.45) is 1.20. The van der Waals surface area contributed by atoms with Crippen molar-refractivity contribution in [3.05, 3.63) is 53.7 Å². The number of carbonyl (C=O) groups excluding carboxylic acids is 1. The highest BCUT2D eigenvalue weighted by Gasteiger charge is 2.34. The van der Waals surface area contributed by atoms with E-state index < -0.39 is 12.7 Å². The molecule has 3 aromatic rings. The molecule has 0 aliphatic carbocycles. The Hall–Kier alpha value is -3.43. The zero-order valence-corrected chi connectivity index (χ0v) is 14.7. The molecule has 0 saturated carbocycles. The number of anilines is 2. The van der Waals surface area contributed by atoms with Gasteiger partial charge in [0, 0.05) is 24.2 Å². The van der Waals surface area contributed by atoms with E-state index in [0.717, 1.165) is 15.8 Å². The number of aromatic nitrogens is 4. The lowest BCUT2D eigenvalue weighted by molar-refractivity contribution is -0.142. The lowest BCUT2D eigenvalue weighted by Gasteiger charge is -2.12. The number of hydrogen-bond acceptors (Lipinski definition) is 5. The molecular formula is C18H15F3N6O. The average molecular weight is 388 g/mol. The van der Waals surface area contributed by atoms with E-state index in [1.807, 2.05) is 0 Å². The van der Waals surface area contributed by atoms with Crippen LogP contribution >= 0.6 is 0 Å². The minimum atomic E-state index is -4.39. The Morgan fingerprint density at radius 1 is 1.21 bits per heavy atom. The van der Waals surface area contributed by atoms with Crippen molar-refractivity contribution < 1.29 is 18.0 Å². The molecule has 4 heterocycles. The first-order chi connectivity index (χ1) is 13.2. The zero-order valence-electron chi connectivity index (χ0n) is 14.7. The van der Waals surface area contributed by atoms with Gasteiger partial charge >= 0.3 is 6.18 Å². The molecule has 0 spiro atoms. The third kappa shape index (κ3) is 3.28. The molecule has 1 aliphatic rings. The molecule has 0 unspecified atom stereocenters. The first kappa shape index (κ1) is 18.0. The predicted molar refractivity (Wildman–Crippen MR) is 95.4 cm³/mol. The summed E-state index contributed by atoms with van der Waals surface area (Å²) < 4.78 is 38.4. The van der Waals surface area contributed by atoms with Crippen molar-refractivity contribution in [2.24, 2.45) is 0 Å². The van der Waals surface area contributed by atoms with Crippen molar-refractivity contribution in [2.45, 2.75) is 26.2 Å². The predicted octanol–water partition coefficient (Wildman–Crippen LogP) is 2.95. The maximum absolute atomic E-state index is 12.8. The first-order valence-electron chi connectivity index (χ1n) is 8.34. The number of alkyl halides is 3. The number of nitrogens with two attached hydrogens (primary N) is 1. The molecule has 10 heteroatoms. The number of rotatable bonds is 3. The summed E-state index contributed by atoms with van der Waals surface area (Å²) in [5.41, 5.74) is 9.61. The molecule has 0 bridgehead atoms. The number of hydrogen-bond donors (Lipinski definition) is 1. The smallest absolute Gasteiger partial charge is 0.397 e. The normalized spacial score (nSPS) is 13.9. The molecule has 3 aromatic heterocycles. The van der Waals surface area contributed by atoms with Crippen LogP contribution < -0.4 is 10.6 Å². The van der Waals surface area contributed by atoms with Crippen LogP contribution in [0.2, 0.25) is 0 Å². The summed E-state index contributed by atoms with van der Waals surface area (Å²) in [6, 6.07) is 3.50. The summed E-state index contributed by atoms with van der Waals surface area (Å²) >= 11 is 0. The van der Waals surface area contributed by atoms with Gasteiger partial charge in [-0.1, -0.05) is 0 Å². The highest BCUT2D eigenvalue weighted by molar-refractivity contribution is 6.10. The number of fused-ring (bicyclic) bond motifs is 1. The van der Waals surface area contributed by atoms with E-state index in [1.54, 1.807) is 25.3 Å². The van der Waals surface area contributed by atoms with E-state index in [0.29, 0.717) is 28.3 Å². The number of nitrogen functional groups attached to an aromatic ring is 1. The monoisotopic (exact) mass is 388 g/mol. The van der Waals surface area contributed by atoms with Gasteiger partial charge in [-0.3, -0.25) is 24.3 Å². The Morgan fingerprint density at radius 3 is 2.71 bits per heavy atom. The minimum Gasteiger partial charge on any atom is -0.397 e. The maximum atomic E-state index is 12.8. The van der Waals surface area contributed by atoms with Crippen LogP contribution in [0.25, 0.3) is 11.3 Å². The summed E-state index contributed by atoms with van der Waals surface area (Å²) in [5, 5.41) is 3.70. The molecule has 1 amide bonds.